The van der Waals surface area contributed by atoms with Crippen molar-refractivity contribution in [3.63, 3.8) is 0 Å². The molecule has 42 heavy (non-hydrogen) atoms. The van der Waals surface area contributed by atoms with Gasteiger partial charge >= 0.3 is 0 Å². The van der Waals surface area contributed by atoms with Gasteiger partial charge in [0.15, 0.2) is 6.61 Å². The van der Waals surface area contributed by atoms with E-state index in [2.05, 4.69) is 55.7 Å². The second kappa shape index (κ2) is 12.1. The number of para-hydroxylation sites is 1. The molecule has 0 saturated carbocycles. The predicted molar refractivity (Wildman–Crippen MR) is 173 cm³/mol. The van der Waals surface area contributed by atoms with Crippen molar-refractivity contribution in [1.29, 1.82) is 0 Å². The van der Waals surface area contributed by atoms with Crippen LogP contribution in [0.3, 0.4) is 0 Å². The molecule has 1 amide bonds. The molecular formula is C34H24BrClN4O2. The van der Waals surface area contributed by atoms with Gasteiger partial charge in [-0.25, -0.2) is 15.4 Å². The zero-order chi connectivity index (χ0) is 29.1. The minimum atomic E-state index is -0.397. The number of halogens is 2. The molecule has 4 aromatic carbocycles. The second-order valence-electron chi connectivity index (χ2n) is 9.70. The summed E-state index contributed by atoms with van der Waals surface area (Å²) in [5, 5.41) is 6.35. The number of nitrogens with zero attached hydrogens (tertiary/aromatic N) is 3. The first-order chi connectivity index (χ1) is 20.4. The maximum atomic E-state index is 12.3. The minimum absolute atomic E-state index is 0.194. The number of aryl methyl sites for hydroxylation is 1. The monoisotopic (exact) mass is 634 g/mol. The third-order valence-electron chi connectivity index (χ3n) is 6.80. The van der Waals surface area contributed by atoms with Crippen molar-refractivity contribution in [2.45, 2.75) is 6.92 Å². The number of hydrazone groups is 1. The van der Waals surface area contributed by atoms with Crippen molar-refractivity contribution in [3.05, 3.63) is 124 Å². The number of hydrogen-bond donors (Lipinski definition) is 1. The Kier molecular flexibility index (Phi) is 7.95. The molecule has 0 aliphatic heterocycles. The Morgan fingerprint density at radius 1 is 0.929 bits per heavy atom. The van der Waals surface area contributed by atoms with E-state index in [1.807, 2.05) is 85.8 Å². The largest absolute Gasteiger partial charge is 0.484 e. The normalized spacial score (nSPS) is 11.3. The number of ether oxygens (including phenoxy) is 1. The molecular weight excluding hydrogens is 612 g/mol. The first-order valence-corrected chi connectivity index (χ1v) is 14.4. The molecule has 6 aromatic rings. The molecule has 8 heteroatoms. The van der Waals surface area contributed by atoms with Crippen LogP contribution in [0.4, 0.5) is 0 Å². The molecule has 206 valence electrons. The maximum absolute atomic E-state index is 12.3. The van der Waals surface area contributed by atoms with Gasteiger partial charge in [0, 0.05) is 26.4 Å². The average molecular weight is 636 g/mol. The maximum Gasteiger partial charge on any atom is 0.277 e. The molecule has 0 saturated heterocycles. The van der Waals surface area contributed by atoms with Crippen molar-refractivity contribution >= 4 is 61.5 Å². The van der Waals surface area contributed by atoms with E-state index in [0.717, 1.165) is 54.2 Å². The SMILES string of the molecule is Cc1cccc2cc(/C=N\NC(=O)COc3ccc(-c4cc(-c5ccccc5)c5cc(Br)ccc5n4)cc3)c(Cl)nc12. The number of benzene rings is 4. The summed E-state index contributed by atoms with van der Waals surface area (Å²) >= 11 is 9.90. The number of carbonyl (C=O) groups excluding carboxylic acids is 1. The smallest absolute Gasteiger partial charge is 0.277 e. The highest BCUT2D eigenvalue weighted by Crippen LogP contribution is 2.34. The Labute approximate surface area is 256 Å². The zero-order valence-electron chi connectivity index (χ0n) is 22.5. The standard InChI is InChI=1S/C34H24BrClN4O2/c1-21-6-5-9-24-16-25(34(36)39-33(21)24)19-37-40-32(41)20-42-27-13-10-23(11-14-27)31-18-28(22-7-3-2-4-8-22)29-17-26(35)12-15-30(29)38-31/h2-19H,20H2,1H3,(H,40,41)/b37-19-. The van der Waals surface area contributed by atoms with Gasteiger partial charge in [0.2, 0.25) is 0 Å². The summed E-state index contributed by atoms with van der Waals surface area (Å²) in [4.78, 5) is 21.7. The number of aromatic nitrogens is 2. The third-order valence-corrected chi connectivity index (χ3v) is 7.59. The molecule has 0 spiro atoms. The van der Waals surface area contributed by atoms with Crippen LogP contribution < -0.4 is 10.2 Å². The molecule has 6 nitrogen and oxygen atoms in total. The van der Waals surface area contributed by atoms with Gasteiger partial charge < -0.3 is 4.74 Å². The molecule has 0 atom stereocenters. The number of nitrogens with one attached hydrogen (secondary N) is 1. The molecule has 0 radical (unpaired) electrons. The van der Waals surface area contributed by atoms with E-state index in [1.165, 1.54) is 6.21 Å². The van der Waals surface area contributed by atoms with Crippen LogP contribution in [0.2, 0.25) is 5.15 Å². The van der Waals surface area contributed by atoms with E-state index in [4.69, 9.17) is 21.3 Å². The summed E-state index contributed by atoms with van der Waals surface area (Å²) < 4.78 is 6.68. The van der Waals surface area contributed by atoms with E-state index in [9.17, 15) is 4.79 Å². The Morgan fingerprint density at radius 2 is 1.74 bits per heavy atom. The van der Waals surface area contributed by atoms with Crippen LogP contribution in [0.15, 0.2) is 113 Å². The topological polar surface area (TPSA) is 76.5 Å². The fourth-order valence-electron chi connectivity index (χ4n) is 4.71. The first kappa shape index (κ1) is 27.6. The van der Waals surface area contributed by atoms with Crippen molar-refractivity contribution in [2.24, 2.45) is 5.10 Å². The molecule has 0 fully saturated rings. The van der Waals surface area contributed by atoms with Gasteiger partial charge in [0.25, 0.3) is 5.91 Å². The number of rotatable bonds is 7. The van der Waals surface area contributed by atoms with Gasteiger partial charge in [0.1, 0.15) is 10.9 Å². The Hall–Kier alpha value is -4.59. The van der Waals surface area contributed by atoms with Crippen molar-refractivity contribution in [2.75, 3.05) is 6.61 Å². The summed E-state index contributed by atoms with van der Waals surface area (Å²) in [6.07, 6.45) is 1.47. The number of fused-ring (bicyclic) bond motifs is 2. The molecule has 1 N–H and O–H groups in total. The lowest BCUT2D eigenvalue weighted by atomic mass is 9.98. The molecule has 2 aromatic heterocycles. The van der Waals surface area contributed by atoms with Crippen LogP contribution in [0.5, 0.6) is 5.75 Å². The second-order valence-corrected chi connectivity index (χ2v) is 11.0. The zero-order valence-corrected chi connectivity index (χ0v) is 24.9. The van der Waals surface area contributed by atoms with Gasteiger partial charge in [-0.3, -0.25) is 4.79 Å². The Morgan fingerprint density at radius 3 is 2.55 bits per heavy atom. The number of amides is 1. The van der Waals surface area contributed by atoms with E-state index in [0.29, 0.717) is 16.5 Å². The summed E-state index contributed by atoms with van der Waals surface area (Å²) in [6, 6.07) is 33.8. The lowest BCUT2D eigenvalue weighted by molar-refractivity contribution is -0.123. The van der Waals surface area contributed by atoms with Crippen LogP contribution in [0.1, 0.15) is 11.1 Å². The molecule has 0 aliphatic rings. The van der Waals surface area contributed by atoms with Gasteiger partial charge in [-0.15, -0.1) is 0 Å². The van der Waals surface area contributed by atoms with Crippen molar-refractivity contribution in [3.8, 4) is 28.1 Å². The molecule has 0 aliphatic carbocycles. The van der Waals surface area contributed by atoms with Crippen molar-refractivity contribution < 1.29 is 9.53 Å². The van der Waals surface area contributed by atoms with Crippen LogP contribution in [-0.4, -0.2) is 28.7 Å². The molecule has 6 rings (SSSR count). The van der Waals surface area contributed by atoms with Crippen LogP contribution in [0, 0.1) is 6.92 Å². The Bertz CT molecular complexity index is 1960. The quantitative estimate of drug-likeness (QED) is 0.109. The van der Waals surface area contributed by atoms with Gasteiger partial charge in [-0.05, 0) is 78.2 Å². The summed E-state index contributed by atoms with van der Waals surface area (Å²) in [5.74, 6) is 0.161. The van der Waals surface area contributed by atoms with Crippen LogP contribution in [0.25, 0.3) is 44.2 Å². The van der Waals surface area contributed by atoms with E-state index < -0.39 is 5.91 Å². The van der Waals surface area contributed by atoms with Gasteiger partial charge in [-0.2, -0.15) is 5.10 Å². The highest BCUT2D eigenvalue weighted by molar-refractivity contribution is 9.10. The van der Waals surface area contributed by atoms with Gasteiger partial charge in [-0.1, -0.05) is 76.1 Å². The highest BCUT2D eigenvalue weighted by Gasteiger charge is 2.11. The first-order valence-electron chi connectivity index (χ1n) is 13.2. The average Bonchev–Trinajstić information content (AvgIpc) is 3.01. The molecule has 2 heterocycles. The van der Waals surface area contributed by atoms with Gasteiger partial charge in [0.05, 0.1) is 22.9 Å². The lowest BCUT2D eigenvalue weighted by Crippen LogP contribution is -2.24. The van der Waals surface area contributed by atoms with Crippen LogP contribution in [-0.2, 0) is 4.79 Å². The number of hydrogen-bond acceptors (Lipinski definition) is 5. The highest BCUT2D eigenvalue weighted by atomic mass is 79.9. The summed E-state index contributed by atoms with van der Waals surface area (Å²) in [5.41, 5.74) is 9.87. The van der Waals surface area contributed by atoms with E-state index >= 15 is 0 Å². The Balaban J connectivity index is 1.13. The van der Waals surface area contributed by atoms with Crippen LogP contribution >= 0.6 is 27.5 Å². The number of carbonyl (C=O) groups is 1. The summed E-state index contributed by atoms with van der Waals surface area (Å²) in [7, 11) is 0. The fourth-order valence-corrected chi connectivity index (χ4v) is 5.26. The summed E-state index contributed by atoms with van der Waals surface area (Å²) in [6.45, 7) is 1.79. The third kappa shape index (κ3) is 6.03. The van der Waals surface area contributed by atoms with E-state index in [1.54, 1.807) is 0 Å². The van der Waals surface area contributed by atoms with E-state index in [-0.39, 0.29) is 6.61 Å². The lowest BCUT2D eigenvalue weighted by Gasteiger charge is -2.11. The number of pyridine rings is 2. The molecule has 0 bridgehead atoms. The predicted octanol–water partition coefficient (Wildman–Crippen LogP) is 8.37. The minimum Gasteiger partial charge on any atom is -0.484 e. The van der Waals surface area contributed by atoms with Crippen molar-refractivity contribution in [1.82, 2.24) is 15.4 Å². The molecule has 0 unspecified atom stereocenters. The fraction of sp³-hybridized carbons (Fsp3) is 0.0588.